The van der Waals surface area contributed by atoms with Gasteiger partial charge >= 0.3 is 5.97 Å². The predicted molar refractivity (Wildman–Crippen MR) is 245 cm³/mol. The van der Waals surface area contributed by atoms with Crippen LogP contribution in [0.1, 0.15) is 62.0 Å². The van der Waals surface area contributed by atoms with Gasteiger partial charge in [-0.3, -0.25) is 14.5 Å². The number of H-pyrrole nitrogens is 1. The van der Waals surface area contributed by atoms with E-state index in [0.717, 1.165) is 54.0 Å². The average molecular weight is 863 g/mol. The quantitative estimate of drug-likeness (QED) is 0.0544. The highest BCUT2D eigenvalue weighted by molar-refractivity contribution is 7.10. The fraction of sp³-hybridized carbons (Fsp3) is 0.235. The van der Waals surface area contributed by atoms with Crippen LogP contribution in [0.3, 0.4) is 0 Å². The topological polar surface area (TPSA) is 164 Å². The van der Waals surface area contributed by atoms with Crippen LogP contribution >= 0.6 is 11.3 Å². The summed E-state index contributed by atoms with van der Waals surface area (Å²) in [4.78, 5) is 44.6. The predicted octanol–water partition coefficient (Wildman–Crippen LogP) is 7.41. The smallest absolute Gasteiger partial charge is 0.347 e. The number of esters is 1. The van der Waals surface area contributed by atoms with Crippen LogP contribution in [0.2, 0.25) is 0 Å². The number of ether oxygens (including phenoxy) is 1. The van der Waals surface area contributed by atoms with E-state index >= 15 is 0 Å². The molecule has 6 N–H and O–H groups in total. The lowest BCUT2D eigenvalue weighted by Gasteiger charge is -2.33. The number of phenols is 1. The van der Waals surface area contributed by atoms with E-state index in [-0.39, 0.29) is 41.8 Å². The number of hydrogen-bond acceptors (Lipinski definition) is 10. The minimum atomic E-state index is -1.98. The second-order valence-electron chi connectivity index (χ2n) is 16.1. The van der Waals surface area contributed by atoms with Gasteiger partial charge in [0.25, 0.3) is 5.91 Å². The number of thiophene rings is 1. The van der Waals surface area contributed by atoms with E-state index in [1.807, 2.05) is 47.8 Å². The number of aromatic hydroxyl groups is 1. The van der Waals surface area contributed by atoms with E-state index in [4.69, 9.17) is 4.74 Å². The molecule has 7 aromatic rings. The molecular formula is C51H50N4O7S. The molecule has 0 bridgehead atoms. The maximum atomic E-state index is 13.8. The lowest BCUT2D eigenvalue weighted by Crippen LogP contribution is -2.40. The van der Waals surface area contributed by atoms with E-state index < -0.39 is 17.7 Å². The first kappa shape index (κ1) is 43.2. The molecule has 1 aliphatic heterocycles. The highest BCUT2D eigenvalue weighted by atomic mass is 32.1. The third-order valence-corrected chi connectivity index (χ3v) is 12.7. The van der Waals surface area contributed by atoms with Crippen molar-refractivity contribution >= 4 is 34.1 Å². The van der Waals surface area contributed by atoms with Crippen LogP contribution in [0.25, 0.3) is 22.0 Å². The number of fused-ring (bicyclic) bond motifs is 1. The summed E-state index contributed by atoms with van der Waals surface area (Å²) in [5, 5.41) is 42.0. The molecule has 2 aromatic heterocycles. The molecule has 322 valence electrons. The minimum Gasteiger partial charge on any atom is -0.506 e. The van der Waals surface area contributed by atoms with Crippen molar-refractivity contribution in [3.05, 3.63) is 194 Å². The van der Waals surface area contributed by atoms with E-state index in [0.29, 0.717) is 40.7 Å². The number of hydrogen-bond donors (Lipinski definition) is 6. The standard InChI is InChI=1S/C51H50N4O7S/c56-45-21-19-43(44-20-22-47(58)54-48(44)45)46(57)30-52-28-34-11-13-38(14-12-34)49(59)53-29-42-27-39(33-63-42)37-15-17-41(18-16-37)51(61,40-9-5-2-6-10-40)50(60)62-32-36-23-25-55(26-24-36)31-35-7-3-1-4-8-35/h1-22,27,33,36,46,52,56-57,61H,23-26,28-32H2,(H,53,59)(H,54,58)/t46-,51?/m0/s1. The Kier molecular flexibility index (Phi) is 13.6. The summed E-state index contributed by atoms with van der Waals surface area (Å²) < 4.78 is 5.90. The van der Waals surface area contributed by atoms with Gasteiger partial charge in [0.05, 0.1) is 24.8 Å². The van der Waals surface area contributed by atoms with Gasteiger partial charge in [-0.1, -0.05) is 103 Å². The number of phenolic OH excluding ortho intramolecular Hbond substituents is 1. The fourth-order valence-electron chi connectivity index (χ4n) is 8.12. The number of aromatic amines is 1. The number of carbonyl (C=O) groups is 2. The van der Waals surface area contributed by atoms with E-state index in [2.05, 4.69) is 44.8 Å². The summed E-state index contributed by atoms with van der Waals surface area (Å²) >= 11 is 1.53. The van der Waals surface area contributed by atoms with Crippen molar-refractivity contribution in [2.45, 2.75) is 44.2 Å². The van der Waals surface area contributed by atoms with Gasteiger partial charge in [-0.15, -0.1) is 11.3 Å². The van der Waals surface area contributed by atoms with Crippen molar-refractivity contribution in [3.8, 4) is 16.9 Å². The molecule has 8 rings (SSSR count). The zero-order chi connectivity index (χ0) is 43.8. The Bertz CT molecular complexity index is 2700. The van der Waals surface area contributed by atoms with Gasteiger partial charge in [0.1, 0.15) is 5.75 Å². The summed E-state index contributed by atoms with van der Waals surface area (Å²) in [6, 6.07) is 42.0. The highest BCUT2D eigenvalue weighted by Crippen LogP contribution is 2.35. The van der Waals surface area contributed by atoms with Gasteiger partial charge in [-0.2, -0.15) is 0 Å². The lowest BCUT2D eigenvalue weighted by atomic mass is 9.85. The number of pyridine rings is 1. The van der Waals surface area contributed by atoms with Crippen LogP contribution < -0.4 is 16.2 Å². The highest BCUT2D eigenvalue weighted by Gasteiger charge is 2.42. The number of piperidine rings is 1. The number of benzene rings is 5. The van der Waals surface area contributed by atoms with Crippen LogP contribution in [-0.2, 0) is 34.8 Å². The van der Waals surface area contributed by atoms with Crippen molar-refractivity contribution in [1.29, 1.82) is 0 Å². The summed E-state index contributed by atoms with van der Waals surface area (Å²) in [7, 11) is 0. The van der Waals surface area contributed by atoms with Crippen LogP contribution in [0.5, 0.6) is 5.75 Å². The second-order valence-corrected chi connectivity index (χ2v) is 17.1. The zero-order valence-electron chi connectivity index (χ0n) is 34.7. The number of nitrogens with zero attached hydrogens (tertiary/aromatic N) is 1. The Morgan fingerprint density at radius 1 is 0.810 bits per heavy atom. The summed E-state index contributed by atoms with van der Waals surface area (Å²) in [5.41, 5.74) is 4.00. The number of aromatic nitrogens is 1. The van der Waals surface area contributed by atoms with Gasteiger partial charge in [0, 0.05) is 41.5 Å². The number of amides is 1. The average Bonchev–Trinajstić information content (AvgIpc) is 3.80. The number of aliphatic hydroxyl groups is 2. The van der Waals surface area contributed by atoms with Crippen molar-refractivity contribution < 1.29 is 29.6 Å². The minimum absolute atomic E-state index is 0.0636. The molecule has 0 radical (unpaired) electrons. The molecule has 5 aromatic carbocycles. The van der Waals surface area contributed by atoms with Crippen molar-refractivity contribution in [2.75, 3.05) is 26.2 Å². The van der Waals surface area contributed by atoms with Crippen molar-refractivity contribution in [3.63, 3.8) is 0 Å². The van der Waals surface area contributed by atoms with Gasteiger partial charge in [0.2, 0.25) is 11.2 Å². The van der Waals surface area contributed by atoms with Gasteiger partial charge in [0.15, 0.2) is 0 Å². The van der Waals surface area contributed by atoms with Crippen LogP contribution in [0.15, 0.2) is 150 Å². The van der Waals surface area contributed by atoms with Crippen molar-refractivity contribution in [2.24, 2.45) is 5.92 Å². The second kappa shape index (κ2) is 19.7. The Labute approximate surface area is 369 Å². The maximum absolute atomic E-state index is 13.8. The molecule has 0 spiro atoms. The Balaban J connectivity index is 0.826. The Morgan fingerprint density at radius 2 is 1.51 bits per heavy atom. The zero-order valence-corrected chi connectivity index (χ0v) is 35.5. The fourth-order valence-corrected chi connectivity index (χ4v) is 8.95. The molecule has 1 saturated heterocycles. The maximum Gasteiger partial charge on any atom is 0.347 e. The Morgan fingerprint density at radius 3 is 2.24 bits per heavy atom. The third kappa shape index (κ3) is 10.3. The van der Waals surface area contributed by atoms with Crippen molar-refractivity contribution in [1.82, 2.24) is 20.5 Å². The van der Waals surface area contributed by atoms with E-state index in [1.165, 1.54) is 29.0 Å². The molecule has 0 saturated carbocycles. The molecule has 1 fully saturated rings. The molecule has 3 heterocycles. The van der Waals surface area contributed by atoms with E-state index in [9.17, 15) is 29.7 Å². The van der Waals surface area contributed by atoms with Gasteiger partial charge in [-0.05, 0) is 107 Å². The van der Waals surface area contributed by atoms with E-state index in [1.54, 1.807) is 60.7 Å². The molecule has 63 heavy (non-hydrogen) atoms. The summed E-state index contributed by atoms with van der Waals surface area (Å²) in [5.74, 6) is -0.738. The first-order valence-corrected chi connectivity index (χ1v) is 22.0. The molecule has 1 unspecified atom stereocenters. The third-order valence-electron chi connectivity index (χ3n) is 11.8. The normalized spacial score (nSPS) is 14.8. The summed E-state index contributed by atoms with van der Waals surface area (Å²) in [6.45, 7) is 4.04. The number of rotatable bonds is 16. The largest absolute Gasteiger partial charge is 0.506 e. The number of nitrogens with one attached hydrogen (secondary N) is 3. The number of aliphatic hydroxyl groups excluding tert-OH is 1. The van der Waals surface area contributed by atoms with Crippen LogP contribution in [0, 0.1) is 5.92 Å². The van der Waals surface area contributed by atoms with Crippen LogP contribution in [-0.4, -0.2) is 63.3 Å². The molecule has 11 nitrogen and oxygen atoms in total. The first-order valence-electron chi connectivity index (χ1n) is 21.1. The first-order chi connectivity index (χ1) is 30.6. The molecule has 12 heteroatoms. The number of likely N-dealkylation sites (tertiary alicyclic amines) is 1. The SMILES string of the molecule is O=C(NCc1cc(-c2ccc(C(O)(C(=O)OCC3CCN(Cc4ccccc4)CC3)c3ccccc3)cc2)cs1)c1ccc(CNC[C@H](O)c2ccc(O)c3[nH]c(=O)ccc23)cc1. The van der Waals surface area contributed by atoms with Gasteiger partial charge < -0.3 is 35.7 Å². The molecule has 1 aliphatic rings. The molecule has 1 amide bonds. The molecular weight excluding hydrogens is 813 g/mol. The Hall–Kier alpha value is -6.41. The molecule has 0 aliphatic carbocycles. The lowest BCUT2D eigenvalue weighted by molar-refractivity contribution is -0.164. The van der Waals surface area contributed by atoms with Gasteiger partial charge in [-0.25, -0.2) is 4.79 Å². The molecule has 2 atom stereocenters. The van der Waals surface area contributed by atoms with Crippen LogP contribution in [0.4, 0.5) is 0 Å². The number of carbonyl (C=O) groups excluding carboxylic acids is 2. The monoisotopic (exact) mass is 862 g/mol. The summed E-state index contributed by atoms with van der Waals surface area (Å²) in [6.07, 6.45) is 0.951.